The smallest absolute Gasteiger partial charge is 0.257 e. The molecule has 2 aromatic rings. The van der Waals surface area contributed by atoms with Crippen LogP contribution in [0.4, 0.5) is 0 Å². The fraction of sp³-hybridized carbons (Fsp3) is 0.444. The Morgan fingerprint density at radius 3 is 2.49 bits per heavy atom. The lowest BCUT2D eigenvalue weighted by molar-refractivity contribution is -0.128. The van der Waals surface area contributed by atoms with Crippen molar-refractivity contribution in [3.63, 3.8) is 0 Å². The first-order chi connectivity index (χ1) is 16.8. The number of hydrogen-bond acceptors (Lipinski definition) is 4. The summed E-state index contributed by atoms with van der Waals surface area (Å²) < 4.78 is 6.26. The quantitative estimate of drug-likeness (QED) is 0.676. The number of amides is 3. The van der Waals surface area contributed by atoms with E-state index in [1.54, 1.807) is 40.1 Å². The molecule has 2 fully saturated rings. The van der Waals surface area contributed by atoms with Crippen LogP contribution < -0.4 is 5.32 Å². The summed E-state index contributed by atoms with van der Waals surface area (Å²) in [6, 6.07) is 13.5. The van der Waals surface area contributed by atoms with Gasteiger partial charge < -0.3 is 15.0 Å². The molecule has 0 aliphatic carbocycles. The monoisotopic (exact) mass is 497 g/mol. The average molecular weight is 498 g/mol. The van der Waals surface area contributed by atoms with Gasteiger partial charge in [0.25, 0.3) is 11.8 Å². The Morgan fingerprint density at radius 2 is 1.83 bits per heavy atom. The SMILES string of the molecule is CC[C@H](C)NC(=O)[C@@H]1COC2(CCN(C(=O)c3cccc(Cl)c3)CC2)N1C(=O)c1ccccc1C. The number of carbonyl (C=O) groups is 3. The van der Waals surface area contributed by atoms with Gasteiger partial charge in [0.1, 0.15) is 11.8 Å². The molecule has 2 aromatic carbocycles. The van der Waals surface area contributed by atoms with Crippen LogP contribution in [-0.2, 0) is 9.53 Å². The third-order valence-corrected chi connectivity index (χ3v) is 7.30. The Labute approximate surface area is 211 Å². The van der Waals surface area contributed by atoms with Crippen molar-refractivity contribution in [2.75, 3.05) is 19.7 Å². The topological polar surface area (TPSA) is 79.0 Å². The van der Waals surface area contributed by atoms with E-state index in [9.17, 15) is 14.4 Å². The molecule has 0 saturated carbocycles. The second-order valence-electron chi connectivity index (χ2n) is 9.38. The minimum Gasteiger partial charge on any atom is -0.353 e. The van der Waals surface area contributed by atoms with Gasteiger partial charge in [-0.05, 0) is 50.1 Å². The van der Waals surface area contributed by atoms with Crippen molar-refractivity contribution in [2.24, 2.45) is 0 Å². The van der Waals surface area contributed by atoms with Gasteiger partial charge in [-0.3, -0.25) is 19.3 Å². The first-order valence-corrected chi connectivity index (χ1v) is 12.5. The Morgan fingerprint density at radius 1 is 1.11 bits per heavy atom. The summed E-state index contributed by atoms with van der Waals surface area (Å²) in [5, 5.41) is 3.52. The van der Waals surface area contributed by atoms with Crippen molar-refractivity contribution in [1.82, 2.24) is 15.1 Å². The van der Waals surface area contributed by atoms with Crippen molar-refractivity contribution < 1.29 is 19.1 Å². The number of halogens is 1. The minimum absolute atomic E-state index is 0.00775. The number of hydrogen-bond donors (Lipinski definition) is 1. The summed E-state index contributed by atoms with van der Waals surface area (Å²) in [5.41, 5.74) is 0.979. The number of rotatable bonds is 5. The second kappa shape index (κ2) is 10.4. The number of ether oxygens (including phenoxy) is 1. The fourth-order valence-electron chi connectivity index (χ4n) is 4.81. The van der Waals surface area contributed by atoms with E-state index in [0.29, 0.717) is 42.1 Å². The number of benzene rings is 2. The Hall–Kier alpha value is -2.90. The van der Waals surface area contributed by atoms with Crippen molar-refractivity contribution >= 4 is 29.3 Å². The van der Waals surface area contributed by atoms with Gasteiger partial charge in [0.2, 0.25) is 5.91 Å². The number of carbonyl (C=O) groups excluding carboxylic acids is 3. The molecular formula is C27H32ClN3O4. The van der Waals surface area contributed by atoms with Crippen LogP contribution in [0.3, 0.4) is 0 Å². The van der Waals surface area contributed by atoms with E-state index in [4.69, 9.17) is 16.3 Å². The van der Waals surface area contributed by atoms with Gasteiger partial charge in [0, 0.05) is 48.1 Å². The molecule has 3 amide bonds. The largest absolute Gasteiger partial charge is 0.353 e. The molecule has 186 valence electrons. The van der Waals surface area contributed by atoms with E-state index in [-0.39, 0.29) is 30.4 Å². The van der Waals surface area contributed by atoms with Gasteiger partial charge in [-0.15, -0.1) is 0 Å². The van der Waals surface area contributed by atoms with Crippen molar-refractivity contribution in [3.8, 4) is 0 Å². The normalized spacial score (nSPS) is 20.1. The molecule has 0 aromatic heterocycles. The molecule has 2 atom stereocenters. The highest BCUT2D eigenvalue weighted by Crippen LogP contribution is 2.39. The number of likely N-dealkylation sites (tertiary alicyclic amines) is 1. The average Bonchev–Trinajstić information content (AvgIpc) is 3.22. The van der Waals surface area contributed by atoms with E-state index in [0.717, 1.165) is 12.0 Å². The summed E-state index contributed by atoms with van der Waals surface area (Å²) in [6.07, 6.45) is 1.63. The summed E-state index contributed by atoms with van der Waals surface area (Å²) in [7, 11) is 0. The standard InChI is InChI=1S/C27H32ClN3O4/c1-4-19(3)29-24(32)23-17-35-27(31(23)26(34)22-11-6-5-8-18(22)2)12-14-30(15-13-27)25(33)20-9-7-10-21(28)16-20/h5-11,16,19,23H,4,12-15,17H2,1-3H3,(H,29,32)/t19-,23-/m0/s1. The predicted octanol–water partition coefficient (Wildman–Crippen LogP) is 4.04. The van der Waals surface area contributed by atoms with Gasteiger partial charge in [-0.2, -0.15) is 0 Å². The van der Waals surface area contributed by atoms with Crippen LogP contribution in [0.25, 0.3) is 0 Å². The lowest BCUT2D eigenvalue weighted by Gasteiger charge is -2.44. The first kappa shape index (κ1) is 25.2. The maximum atomic E-state index is 13.9. The van der Waals surface area contributed by atoms with E-state index in [2.05, 4.69) is 5.32 Å². The molecule has 2 saturated heterocycles. The molecule has 1 spiro atoms. The molecule has 4 rings (SSSR count). The highest BCUT2D eigenvalue weighted by atomic mass is 35.5. The van der Waals surface area contributed by atoms with Crippen molar-refractivity contribution in [1.29, 1.82) is 0 Å². The summed E-state index contributed by atoms with van der Waals surface area (Å²) >= 11 is 6.07. The lowest BCUT2D eigenvalue weighted by atomic mass is 9.95. The third kappa shape index (κ3) is 5.07. The molecule has 0 bridgehead atoms. The summed E-state index contributed by atoms with van der Waals surface area (Å²) in [6.45, 7) is 6.77. The van der Waals surface area contributed by atoms with Crippen LogP contribution in [0.15, 0.2) is 48.5 Å². The van der Waals surface area contributed by atoms with Crippen LogP contribution in [0.1, 0.15) is 59.4 Å². The van der Waals surface area contributed by atoms with Gasteiger partial charge >= 0.3 is 0 Å². The minimum atomic E-state index is -0.943. The lowest BCUT2D eigenvalue weighted by Crippen LogP contribution is -2.60. The highest BCUT2D eigenvalue weighted by Gasteiger charge is 2.54. The van der Waals surface area contributed by atoms with Crippen molar-refractivity contribution in [3.05, 3.63) is 70.2 Å². The zero-order valence-corrected chi connectivity index (χ0v) is 21.2. The predicted molar refractivity (Wildman–Crippen MR) is 134 cm³/mol. The van der Waals surface area contributed by atoms with Crippen LogP contribution in [0.5, 0.6) is 0 Å². The van der Waals surface area contributed by atoms with Crippen LogP contribution in [0, 0.1) is 6.92 Å². The molecule has 35 heavy (non-hydrogen) atoms. The number of nitrogens with zero attached hydrogens (tertiary/aromatic N) is 2. The zero-order valence-electron chi connectivity index (χ0n) is 20.4. The molecule has 8 heteroatoms. The van der Waals surface area contributed by atoms with E-state index < -0.39 is 11.8 Å². The molecule has 2 aliphatic heterocycles. The van der Waals surface area contributed by atoms with E-state index in [1.807, 2.05) is 39.0 Å². The molecular weight excluding hydrogens is 466 g/mol. The molecule has 7 nitrogen and oxygen atoms in total. The molecule has 0 unspecified atom stereocenters. The summed E-state index contributed by atoms with van der Waals surface area (Å²) in [4.78, 5) is 43.5. The Balaban J connectivity index is 1.59. The van der Waals surface area contributed by atoms with Gasteiger partial charge in [-0.25, -0.2) is 0 Å². The fourth-order valence-corrected chi connectivity index (χ4v) is 5.00. The van der Waals surface area contributed by atoms with Crippen molar-refractivity contribution in [2.45, 2.75) is 57.8 Å². The van der Waals surface area contributed by atoms with Gasteiger partial charge in [0.05, 0.1) is 6.61 Å². The molecule has 0 radical (unpaired) electrons. The summed E-state index contributed by atoms with van der Waals surface area (Å²) in [5.74, 6) is -0.543. The van der Waals surface area contributed by atoms with Crippen LogP contribution in [0.2, 0.25) is 5.02 Å². The molecule has 2 aliphatic rings. The Kier molecular flexibility index (Phi) is 7.47. The maximum absolute atomic E-state index is 13.9. The zero-order chi connectivity index (χ0) is 25.2. The number of nitrogens with one attached hydrogen (secondary N) is 1. The number of piperidine rings is 1. The van der Waals surface area contributed by atoms with E-state index in [1.165, 1.54) is 0 Å². The Bertz CT molecular complexity index is 1110. The highest BCUT2D eigenvalue weighted by molar-refractivity contribution is 6.30. The second-order valence-corrected chi connectivity index (χ2v) is 9.82. The third-order valence-electron chi connectivity index (χ3n) is 7.06. The van der Waals surface area contributed by atoms with E-state index >= 15 is 0 Å². The first-order valence-electron chi connectivity index (χ1n) is 12.1. The van der Waals surface area contributed by atoms with Crippen LogP contribution >= 0.6 is 11.6 Å². The van der Waals surface area contributed by atoms with Gasteiger partial charge in [-0.1, -0.05) is 42.8 Å². The maximum Gasteiger partial charge on any atom is 0.257 e. The number of aryl methyl sites for hydroxylation is 1. The van der Waals surface area contributed by atoms with Gasteiger partial charge in [0.15, 0.2) is 0 Å². The molecule has 2 heterocycles. The van der Waals surface area contributed by atoms with Crippen LogP contribution in [-0.4, -0.2) is 65.0 Å². The molecule has 1 N–H and O–H groups in total.